The number of halogens is 1. The molecule has 1 amide bonds. The predicted molar refractivity (Wildman–Crippen MR) is 204 cm³/mol. The summed E-state index contributed by atoms with van der Waals surface area (Å²) in [6.45, 7) is 11.9. The molecule has 0 unspecified atom stereocenters. The van der Waals surface area contributed by atoms with Crippen LogP contribution in [0.2, 0.25) is 0 Å². The molecule has 1 fully saturated rings. The number of aryl methyl sites for hydroxylation is 1. The van der Waals surface area contributed by atoms with Crippen molar-refractivity contribution in [3.05, 3.63) is 111 Å². The number of piperidine rings is 1. The molecule has 6 aromatic rings. The third-order valence-corrected chi connectivity index (χ3v) is 10.7. The van der Waals surface area contributed by atoms with Gasteiger partial charge in [-0.2, -0.15) is 5.26 Å². The van der Waals surface area contributed by atoms with Gasteiger partial charge < -0.3 is 14.4 Å². The highest BCUT2D eigenvalue weighted by Gasteiger charge is 2.31. The van der Waals surface area contributed by atoms with Crippen molar-refractivity contribution in [3.63, 3.8) is 0 Å². The highest BCUT2D eigenvalue weighted by Crippen LogP contribution is 2.32. The number of carbonyl (C=O) groups excluding carboxylic acids is 2. The van der Waals surface area contributed by atoms with Crippen LogP contribution in [0.3, 0.4) is 0 Å². The summed E-state index contributed by atoms with van der Waals surface area (Å²) in [6, 6.07) is 13.5. The summed E-state index contributed by atoms with van der Waals surface area (Å²) in [7, 11) is 0. The highest BCUT2D eigenvalue weighted by molar-refractivity contribution is 5.93. The molecule has 1 saturated heterocycles. The molecule has 280 valence electrons. The fraction of sp³-hybridized carbons (Fsp3) is 0.366. The second-order valence-electron chi connectivity index (χ2n) is 15.7. The zero-order chi connectivity index (χ0) is 38.6. The Hall–Kier alpha value is -6.07. The zero-order valence-electron chi connectivity index (χ0n) is 31.3. The summed E-state index contributed by atoms with van der Waals surface area (Å²) in [5, 5.41) is 10.2. The standard InChI is InChI=1S/C41H41FN10O3/c1-25-36-38(47-35(23-53)46-25)52(28-11-15-48(16-12-28)24-41(2,3)4)40(55)51(36)29-9-10-33(45-20-29)39(54)49-17-13-30-31-6-5-14-44-37(31)50(34(30)22-49)21-27-8-7-26(19-43)18-32(27)42/h5-10,14,18,20,23,28H,11-13,15-17,21-22,24H2,1-4H3. The van der Waals surface area contributed by atoms with Crippen molar-refractivity contribution < 1.29 is 14.0 Å². The molecule has 0 radical (unpaired) electrons. The summed E-state index contributed by atoms with van der Waals surface area (Å²) in [6.07, 6.45) is 5.90. The van der Waals surface area contributed by atoms with E-state index in [2.05, 4.69) is 45.6 Å². The second kappa shape index (κ2) is 14.0. The van der Waals surface area contributed by atoms with Crippen LogP contribution in [-0.4, -0.2) is 81.8 Å². The highest BCUT2D eigenvalue weighted by atomic mass is 19.1. The van der Waals surface area contributed by atoms with E-state index in [1.54, 1.807) is 46.9 Å². The van der Waals surface area contributed by atoms with Gasteiger partial charge in [-0.05, 0) is 73.6 Å². The van der Waals surface area contributed by atoms with Crippen molar-refractivity contribution >= 4 is 34.4 Å². The molecule has 55 heavy (non-hydrogen) atoms. The minimum absolute atomic E-state index is 0.0154. The fourth-order valence-electron chi connectivity index (χ4n) is 8.25. The number of likely N-dealkylation sites (tertiary alicyclic amines) is 1. The summed E-state index contributed by atoms with van der Waals surface area (Å²) in [4.78, 5) is 62.4. The van der Waals surface area contributed by atoms with Crippen molar-refractivity contribution in [2.45, 2.75) is 66.1 Å². The van der Waals surface area contributed by atoms with Crippen molar-refractivity contribution in [2.75, 3.05) is 26.2 Å². The van der Waals surface area contributed by atoms with Crippen molar-refractivity contribution in [3.8, 4) is 11.8 Å². The molecule has 7 heterocycles. The van der Waals surface area contributed by atoms with Crippen LogP contribution in [0.1, 0.15) is 88.8 Å². The van der Waals surface area contributed by atoms with Crippen molar-refractivity contribution in [1.29, 1.82) is 5.26 Å². The molecule has 8 rings (SSSR count). The number of hydrogen-bond acceptors (Lipinski definition) is 9. The first-order chi connectivity index (χ1) is 26.4. The number of nitrogens with zero attached hydrogens (tertiary/aromatic N) is 10. The average molecular weight is 741 g/mol. The SMILES string of the molecule is Cc1nc(C=O)nc2c1n(-c1ccc(C(=O)N3CCc4c(n(Cc5ccc(C#N)cc5F)c5ncccc45)C3)nc1)c(=O)n2C1CCN(CC(C)(C)C)CC1. The average Bonchev–Trinajstić information content (AvgIpc) is 3.65. The minimum Gasteiger partial charge on any atom is -0.331 e. The van der Waals surface area contributed by atoms with E-state index in [1.807, 2.05) is 22.8 Å². The van der Waals surface area contributed by atoms with E-state index in [0.29, 0.717) is 53.0 Å². The first-order valence-corrected chi connectivity index (χ1v) is 18.5. The molecule has 13 nitrogen and oxygen atoms in total. The third kappa shape index (κ3) is 6.58. The summed E-state index contributed by atoms with van der Waals surface area (Å²) in [5.41, 5.74) is 5.21. The molecule has 14 heteroatoms. The number of imidazole rings is 1. The minimum atomic E-state index is -0.478. The quantitative estimate of drug-likeness (QED) is 0.197. The first-order valence-electron chi connectivity index (χ1n) is 18.5. The molecule has 2 aliphatic heterocycles. The van der Waals surface area contributed by atoms with Crippen molar-refractivity contribution in [2.24, 2.45) is 5.41 Å². The molecule has 0 aliphatic carbocycles. The van der Waals surface area contributed by atoms with Gasteiger partial charge in [0.1, 0.15) is 22.7 Å². The van der Waals surface area contributed by atoms with Crippen LogP contribution >= 0.6 is 0 Å². The van der Waals surface area contributed by atoms with E-state index in [9.17, 15) is 19.6 Å². The van der Waals surface area contributed by atoms with Gasteiger partial charge in [-0.3, -0.25) is 18.7 Å². The Morgan fingerprint density at radius 1 is 1.05 bits per heavy atom. The smallest absolute Gasteiger partial charge is 0.331 e. The Balaban J connectivity index is 1.09. The fourth-order valence-corrected chi connectivity index (χ4v) is 8.25. The number of aldehydes is 1. The number of benzene rings is 1. The Kier molecular flexibility index (Phi) is 9.13. The topological polar surface area (TPSA) is 148 Å². The zero-order valence-corrected chi connectivity index (χ0v) is 31.3. The van der Waals surface area contributed by atoms with Gasteiger partial charge in [-0.15, -0.1) is 0 Å². The maximum absolute atomic E-state index is 15.1. The Morgan fingerprint density at radius 2 is 1.85 bits per heavy atom. The van der Waals surface area contributed by atoms with Gasteiger partial charge in [0, 0.05) is 55.1 Å². The predicted octanol–water partition coefficient (Wildman–Crippen LogP) is 5.39. The van der Waals surface area contributed by atoms with E-state index >= 15 is 4.39 Å². The third-order valence-electron chi connectivity index (χ3n) is 10.7. The lowest BCUT2D eigenvalue weighted by molar-refractivity contribution is 0.0724. The van der Waals surface area contributed by atoms with Crippen LogP contribution in [0.25, 0.3) is 27.9 Å². The van der Waals surface area contributed by atoms with Gasteiger partial charge in [0.25, 0.3) is 5.91 Å². The maximum Gasteiger partial charge on any atom is 0.335 e. The molecule has 5 aromatic heterocycles. The molecule has 0 spiro atoms. The van der Waals surface area contributed by atoms with E-state index in [1.165, 1.54) is 16.8 Å². The second-order valence-corrected chi connectivity index (χ2v) is 15.7. The van der Waals surface area contributed by atoms with Gasteiger partial charge in [0.05, 0.1) is 42.3 Å². The maximum atomic E-state index is 15.1. The monoisotopic (exact) mass is 740 g/mol. The molecule has 0 atom stereocenters. The van der Waals surface area contributed by atoms with Crippen LogP contribution < -0.4 is 5.69 Å². The Labute approximate surface area is 316 Å². The molecule has 1 aromatic carbocycles. The van der Waals surface area contributed by atoms with E-state index < -0.39 is 5.82 Å². The summed E-state index contributed by atoms with van der Waals surface area (Å²) >= 11 is 0. The number of aromatic nitrogens is 7. The number of hydrogen-bond donors (Lipinski definition) is 0. The van der Waals surface area contributed by atoms with Crippen LogP contribution in [-0.2, 0) is 19.5 Å². The lowest BCUT2D eigenvalue weighted by Crippen LogP contribution is -2.41. The lowest BCUT2D eigenvalue weighted by atomic mass is 9.94. The van der Waals surface area contributed by atoms with Crippen LogP contribution in [0.15, 0.2) is 59.7 Å². The lowest BCUT2D eigenvalue weighted by Gasteiger charge is -2.36. The summed E-state index contributed by atoms with van der Waals surface area (Å²) in [5.74, 6) is -0.742. The van der Waals surface area contributed by atoms with Gasteiger partial charge in [-0.25, -0.2) is 29.1 Å². The van der Waals surface area contributed by atoms with Crippen LogP contribution in [0.5, 0.6) is 0 Å². The Bertz CT molecular complexity index is 2580. The Morgan fingerprint density at radius 3 is 2.55 bits per heavy atom. The largest absolute Gasteiger partial charge is 0.335 e. The number of pyridine rings is 2. The normalized spacial score (nSPS) is 15.4. The molecular formula is C41H41FN10O3. The van der Waals surface area contributed by atoms with E-state index in [-0.39, 0.29) is 53.2 Å². The number of nitriles is 1. The summed E-state index contributed by atoms with van der Waals surface area (Å²) < 4.78 is 20.2. The van der Waals surface area contributed by atoms with E-state index in [4.69, 9.17) is 0 Å². The number of fused-ring (bicyclic) bond motifs is 4. The van der Waals surface area contributed by atoms with Gasteiger partial charge in [0.2, 0.25) is 0 Å². The molecule has 0 bridgehead atoms. The number of rotatable bonds is 7. The van der Waals surface area contributed by atoms with E-state index in [0.717, 1.165) is 49.1 Å². The number of amides is 1. The number of carbonyl (C=O) groups is 2. The first kappa shape index (κ1) is 35.9. The molecule has 0 N–H and O–H groups in total. The van der Waals surface area contributed by atoms with Gasteiger partial charge in [0.15, 0.2) is 17.8 Å². The molecule has 2 aliphatic rings. The molecule has 0 saturated carbocycles. The van der Waals surface area contributed by atoms with Gasteiger partial charge >= 0.3 is 5.69 Å². The van der Waals surface area contributed by atoms with Crippen LogP contribution in [0.4, 0.5) is 4.39 Å². The molecular weight excluding hydrogens is 700 g/mol. The van der Waals surface area contributed by atoms with Crippen molar-refractivity contribution in [1.82, 2.24) is 43.4 Å². The van der Waals surface area contributed by atoms with Gasteiger partial charge in [-0.1, -0.05) is 26.8 Å². The van der Waals surface area contributed by atoms with Crippen LogP contribution in [0, 0.1) is 29.5 Å².